The van der Waals surface area contributed by atoms with Gasteiger partial charge in [0.25, 0.3) is 5.91 Å². The molecule has 1 atom stereocenters. The molecule has 0 saturated heterocycles. The number of aryl methyl sites for hydroxylation is 1. The molecule has 1 N–H and O–H groups in total. The molecule has 2 heterocycles. The third-order valence-electron chi connectivity index (χ3n) is 4.93. The predicted octanol–water partition coefficient (Wildman–Crippen LogP) is 3.42. The van der Waals surface area contributed by atoms with Gasteiger partial charge >= 0.3 is 0 Å². The number of hydrogen-bond acceptors (Lipinski definition) is 3. The zero-order chi connectivity index (χ0) is 19.5. The smallest absolute Gasteiger partial charge is 0.251 e. The third-order valence-corrected chi connectivity index (χ3v) is 4.93. The maximum absolute atomic E-state index is 13.7. The predicted molar refractivity (Wildman–Crippen MR) is 104 cm³/mol. The molecule has 4 rings (SSSR count). The summed E-state index contributed by atoms with van der Waals surface area (Å²) in [6.07, 6.45) is 2.55. The van der Waals surface area contributed by atoms with Crippen LogP contribution in [0.25, 0.3) is 0 Å². The molecule has 1 unspecified atom stereocenters. The molecule has 1 amide bonds. The number of ether oxygens (including phenoxy) is 1. The summed E-state index contributed by atoms with van der Waals surface area (Å²) in [4.78, 5) is 12.4. The number of benzene rings is 2. The van der Waals surface area contributed by atoms with E-state index < -0.39 is 0 Å². The minimum atomic E-state index is -0.386. The Labute approximate surface area is 163 Å². The number of hydrogen-bond donors (Lipinski definition) is 1. The lowest BCUT2D eigenvalue weighted by Gasteiger charge is -2.22. The maximum Gasteiger partial charge on any atom is 0.251 e. The SMILES string of the molecule is Cc1ccc(C(=O)NCC2OCCc3cn(Cc4ccccc4)nc32)cc1F. The first-order valence-corrected chi connectivity index (χ1v) is 9.36. The van der Waals surface area contributed by atoms with E-state index in [9.17, 15) is 9.18 Å². The number of aromatic nitrogens is 2. The first-order chi connectivity index (χ1) is 13.6. The van der Waals surface area contributed by atoms with Crippen LogP contribution in [0, 0.1) is 12.7 Å². The van der Waals surface area contributed by atoms with Gasteiger partial charge in [-0.3, -0.25) is 9.48 Å². The van der Waals surface area contributed by atoms with Crippen molar-refractivity contribution in [2.75, 3.05) is 13.2 Å². The number of halogens is 1. The summed E-state index contributed by atoms with van der Waals surface area (Å²) < 4.78 is 21.4. The molecule has 0 bridgehead atoms. The molecule has 2 aromatic carbocycles. The lowest BCUT2D eigenvalue weighted by atomic mass is 10.1. The number of carbonyl (C=O) groups is 1. The monoisotopic (exact) mass is 379 g/mol. The van der Waals surface area contributed by atoms with E-state index in [0.717, 1.165) is 17.7 Å². The molecule has 0 fully saturated rings. The van der Waals surface area contributed by atoms with Crippen molar-refractivity contribution in [2.45, 2.75) is 26.0 Å². The van der Waals surface area contributed by atoms with Crippen LogP contribution >= 0.6 is 0 Å². The average Bonchev–Trinajstić information content (AvgIpc) is 3.12. The second-order valence-corrected chi connectivity index (χ2v) is 7.01. The summed E-state index contributed by atoms with van der Waals surface area (Å²) in [5.41, 5.74) is 3.99. The second kappa shape index (κ2) is 7.94. The number of rotatable bonds is 5. The van der Waals surface area contributed by atoms with Crippen LogP contribution in [0.1, 0.15) is 38.8 Å². The largest absolute Gasteiger partial charge is 0.370 e. The van der Waals surface area contributed by atoms with Crippen LogP contribution in [0.2, 0.25) is 0 Å². The topological polar surface area (TPSA) is 56.1 Å². The molecule has 5 nitrogen and oxygen atoms in total. The van der Waals surface area contributed by atoms with Gasteiger partial charge in [-0.1, -0.05) is 36.4 Å². The normalized spacial score (nSPS) is 15.9. The highest BCUT2D eigenvalue weighted by molar-refractivity contribution is 5.94. The van der Waals surface area contributed by atoms with Gasteiger partial charge in [0.2, 0.25) is 0 Å². The molecule has 0 spiro atoms. The van der Waals surface area contributed by atoms with Crippen molar-refractivity contribution in [1.82, 2.24) is 15.1 Å². The zero-order valence-electron chi connectivity index (χ0n) is 15.7. The Morgan fingerprint density at radius 1 is 1.29 bits per heavy atom. The van der Waals surface area contributed by atoms with Crippen LogP contribution in [-0.2, 0) is 17.7 Å². The fourth-order valence-corrected chi connectivity index (χ4v) is 3.36. The minimum absolute atomic E-state index is 0.295. The first kappa shape index (κ1) is 18.4. The molecular formula is C22H22FN3O2. The lowest BCUT2D eigenvalue weighted by molar-refractivity contribution is 0.0383. The van der Waals surface area contributed by atoms with Crippen LogP contribution in [-0.4, -0.2) is 28.8 Å². The molecule has 3 aromatic rings. The van der Waals surface area contributed by atoms with E-state index in [1.54, 1.807) is 19.1 Å². The van der Waals surface area contributed by atoms with Gasteiger partial charge in [0.05, 0.1) is 18.8 Å². The van der Waals surface area contributed by atoms with Crippen LogP contribution in [0.15, 0.2) is 54.7 Å². The van der Waals surface area contributed by atoms with Gasteiger partial charge in [-0.2, -0.15) is 5.10 Å². The lowest BCUT2D eigenvalue weighted by Crippen LogP contribution is -2.32. The summed E-state index contributed by atoms with van der Waals surface area (Å²) in [6.45, 7) is 3.24. The van der Waals surface area contributed by atoms with Gasteiger partial charge in [0, 0.05) is 18.3 Å². The Kier molecular flexibility index (Phi) is 5.21. The molecule has 1 aliphatic rings. The van der Waals surface area contributed by atoms with Crippen molar-refractivity contribution in [3.63, 3.8) is 0 Å². The van der Waals surface area contributed by atoms with Crippen LogP contribution in [0.4, 0.5) is 4.39 Å². The van der Waals surface area contributed by atoms with Crippen LogP contribution in [0.5, 0.6) is 0 Å². The molecule has 144 valence electrons. The Bertz CT molecular complexity index is 985. The van der Waals surface area contributed by atoms with Gasteiger partial charge < -0.3 is 10.1 Å². The van der Waals surface area contributed by atoms with Gasteiger partial charge in [-0.25, -0.2) is 4.39 Å². The average molecular weight is 379 g/mol. The highest BCUT2D eigenvalue weighted by Crippen LogP contribution is 2.25. The molecule has 1 aliphatic heterocycles. The van der Waals surface area contributed by atoms with E-state index in [-0.39, 0.29) is 17.8 Å². The van der Waals surface area contributed by atoms with Gasteiger partial charge in [0.15, 0.2) is 0 Å². The third kappa shape index (κ3) is 3.97. The molecule has 6 heteroatoms. The van der Waals surface area contributed by atoms with Gasteiger partial charge in [-0.15, -0.1) is 0 Å². The summed E-state index contributed by atoms with van der Waals surface area (Å²) in [5, 5.41) is 7.52. The van der Waals surface area contributed by atoms with Crippen LogP contribution in [0.3, 0.4) is 0 Å². The standard InChI is InChI=1S/C22H22FN3O2/c1-15-7-8-17(11-19(15)23)22(27)24-12-20-21-18(9-10-28-20)14-26(25-21)13-16-5-3-2-4-6-16/h2-8,11,14,20H,9-10,12-13H2,1H3,(H,24,27). The fraction of sp³-hybridized carbons (Fsp3) is 0.273. The summed E-state index contributed by atoms with van der Waals surface area (Å²) in [6, 6.07) is 14.6. The fourth-order valence-electron chi connectivity index (χ4n) is 3.36. The Hall–Kier alpha value is -2.99. The van der Waals surface area contributed by atoms with Crippen molar-refractivity contribution in [3.8, 4) is 0 Å². The van der Waals surface area contributed by atoms with E-state index in [1.807, 2.05) is 22.9 Å². The Balaban J connectivity index is 1.44. The maximum atomic E-state index is 13.7. The van der Waals surface area contributed by atoms with E-state index in [1.165, 1.54) is 11.6 Å². The van der Waals surface area contributed by atoms with E-state index in [0.29, 0.717) is 30.8 Å². The van der Waals surface area contributed by atoms with E-state index in [2.05, 4.69) is 28.7 Å². The number of fused-ring (bicyclic) bond motifs is 1. The van der Waals surface area contributed by atoms with Crippen molar-refractivity contribution < 1.29 is 13.9 Å². The minimum Gasteiger partial charge on any atom is -0.370 e. The number of nitrogens with one attached hydrogen (secondary N) is 1. The van der Waals surface area contributed by atoms with Gasteiger partial charge in [-0.05, 0) is 42.2 Å². The first-order valence-electron chi connectivity index (χ1n) is 9.36. The number of nitrogens with zero attached hydrogens (tertiary/aromatic N) is 2. The van der Waals surface area contributed by atoms with Crippen molar-refractivity contribution in [2.24, 2.45) is 0 Å². The van der Waals surface area contributed by atoms with Crippen molar-refractivity contribution in [3.05, 3.63) is 88.5 Å². The quantitative estimate of drug-likeness (QED) is 0.739. The molecule has 0 saturated carbocycles. The van der Waals surface area contributed by atoms with E-state index >= 15 is 0 Å². The summed E-state index contributed by atoms with van der Waals surface area (Å²) >= 11 is 0. The molecular weight excluding hydrogens is 357 g/mol. The molecule has 1 aromatic heterocycles. The molecule has 28 heavy (non-hydrogen) atoms. The number of carbonyl (C=O) groups excluding carboxylic acids is 1. The highest BCUT2D eigenvalue weighted by Gasteiger charge is 2.25. The van der Waals surface area contributed by atoms with Crippen molar-refractivity contribution >= 4 is 5.91 Å². The second-order valence-electron chi connectivity index (χ2n) is 7.01. The highest BCUT2D eigenvalue weighted by atomic mass is 19.1. The molecule has 0 aliphatic carbocycles. The summed E-state index contributed by atoms with van der Waals surface area (Å²) in [7, 11) is 0. The number of amides is 1. The molecule has 0 radical (unpaired) electrons. The van der Waals surface area contributed by atoms with Crippen LogP contribution < -0.4 is 5.32 Å². The van der Waals surface area contributed by atoms with Crippen molar-refractivity contribution in [1.29, 1.82) is 0 Å². The van der Waals surface area contributed by atoms with Gasteiger partial charge in [0.1, 0.15) is 11.9 Å². The van der Waals surface area contributed by atoms with E-state index in [4.69, 9.17) is 4.74 Å². The summed E-state index contributed by atoms with van der Waals surface area (Å²) in [5.74, 6) is -0.707. The Morgan fingerprint density at radius 3 is 2.89 bits per heavy atom. The Morgan fingerprint density at radius 2 is 2.11 bits per heavy atom. The zero-order valence-corrected chi connectivity index (χ0v) is 15.7.